The van der Waals surface area contributed by atoms with E-state index in [9.17, 15) is 4.79 Å². The first-order chi connectivity index (χ1) is 7.69. The third kappa shape index (κ3) is 2.08. The number of fused-ring (bicyclic) bond motifs is 1. The summed E-state index contributed by atoms with van der Waals surface area (Å²) in [5.74, 6) is -0.417. The lowest BCUT2D eigenvalue weighted by molar-refractivity contribution is -0.136. The number of ether oxygens (including phenoxy) is 1. The molecule has 0 aliphatic heterocycles. The van der Waals surface area contributed by atoms with Gasteiger partial charge in [0.05, 0.1) is 30.8 Å². The van der Waals surface area contributed by atoms with Gasteiger partial charge in [0.2, 0.25) is 5.88 Å². The van der Waals surface area contributed by atoms with Crippen LogP contribution in [0.4, 0.5) is 0 Å². The molecule has 0 bridgehead atoms. The Bertz CT molecular complexity index is 540. The van der Waals surface area contributed by atoms with Crippen molar-refractivity contribution in [1.29, 1.82) is 0 Å². The molecule has 0 aliphatic carbocycles. The molecular formula is C11H10N2O3. The van der Waals surface area contributed by atoms with Crippen molar-refractivity contribution in [1.82, 2.24) is 9.97 Å². The van der Waals surface area contributed by atoms with E-state index in [0.717, 1.165) is 0 Å². The third-order valence-electron chi connectivity index (χ3n) is 2.15. The van der Waals surface area contributed by atoms with Crippen molar-refractivity contribution in [3.8, 4) is 5.88 Å². The number of rotatable bonds is 3. The number of nitrogens with zero attached hydrogens (tertiary/aromatic N) is 2. The van der Waals surface area contributed by atoms with E-state index < -0.39 is 5.97 Å². The van der Waals surface area contributed by atoms with Crippen molar-refractivity contribution < 1.29 is 14.6 Å². The van der Waals surface area contributed by atoms with Gasteiger partial charge in [-0.05, 0) is 17.7 Å². The summed E-state index contributed by atoms with van der Waals surface area (Å²) < 4.78 is 4.95. The molecule has 1 N–H and O–H groups in total. The zero-order valence-corrected chi connectivity index (χ0v) is 8.67. The van der Waals surface area contributed by atoms with Gasteiger partial charge in [0.15, 0.2) is 0 Å². The monoisotopic (exact) mass is 218 g/mol. The Morgan fingerprint density at radius 1 is 1.44 bits per heavy atom. The zero-order valence-electron chi connectivity index (χ0n) is 8.67. The van der Waals surface area contributed by atoms with E-state index in [1.807, 2.05) is 0 Å². The smallest absolute Gasteiger partial charge is 0.307 e. The highest BCUT2D eigenvalue weighted by molar-refractivity contribution is 5.77. The predicted octanol–water partition coefficient (Wildman–Crippen LogP) is 1.27. The molecule has 2 rings (SSSR count). The van der Waals surface area contributed by atoms with Crippen LogP contribution >= 0.6 is 0 Å². The minimum atomic E-state index is -0.860. The van der Waals surface area contributed by atoms with E-state index >= 15 is 0 Å². The summed E-state index contributed by atoms with van der Waals surface area (Å²) in [6, 6.07) is 5.18. The highest BCUT2D eigenvalue weighted by Gasteiger charge is 2.04. The van der Waals surface area contributed by atoms with E-state index in [4.69, 9.17) is 9.84 Å². The normalized spacial score (nSPS) is 10.3. The molecule has 0 saturated carbocycles. The van der Waals surface area contributed by atoms with Crippen LogP contribution < -0.4 is 4.74 Å². The Hall–Kier alpha value is -2.17. The Kier molecular flexibility index (Phi) is 2.68. The lowest BCUT2D eigenvalue weighted by atomic mass is 10.1. The first-order valence-electron chi connectivity index (χ1n) is 4.70. The summed E-state index contributed by atoms with van der Waals surface area (Å²) in [6.07, 6.45) is 1.50. The standard InChI is InChI=1S/C11H10N2O3/c1-16-10-6-12-9-4-7(5-11(14)15)2-3-8(9)13-10/h2-4,6H,5H2,1H3,(H,14,15). The van der Waals surface area contributed by atoms with Crippen LogP contribution in [-0.4, -0.2) is 28.2 Å². The average molecular weight is 218 g/mol. The SMILES string of the molecule is COc1cnc2cc(CC(=O)O)ccc2n1. The molecule has 82 valence electrons. The number of hydrogen-bond acceptors (Lipinski definition) is 4. The number of carbonyl (C=O) groups is 1. The molecule has 0 amide bonds. The van der Waals surface area contributed by atoms with Crippen LogP contribution in [0.1, 0.15) is 5.56 Å². The summed E-state index contributed by atoms with van der Waals surface area (Å²) in [5.41, 5.74) is 2.06. The van der Waals surface area contributed by atoms with Crippen LogP contribution in [0.2, 0.25) is 0 Å². The molecule has 0 aliphatic rings. The van der Waals surface area contributed by atoms with Gasteiger partial charge < -0.3 is 9.84 Å². The average Bonchev–Trinajstić information content (AvgIpc) is 2.27. The fourth-order valence-corrected chi connectivity index (χ4v) is 1.42. The Labute approximate surface area is 91.7 Å². The minimum absolute atomic E-state index is 0.0103. The Balaban J connectivity index is 2.43. The molecular weight excluding hydrogens is 208 g/mol. The second-order valence-electron chi connectivity index (χ2n) is 3.31. The number of aromatic nitrogens is 2. The molecule has 1 aromatic carbocycles. The minimum Gasteiger partial charge on any atom is -0.481 e. The van der Waals surface area contributed by atoms with Crippen LogP contribution in [0.15, 0.2) is 24.4 Å². The molecule has 0 atom stereocenters. The van der Waals surface area contributed by atoms with Crippen molar-refractivity contribution >= 4 is 17.0 Å². The quantitative estimate of drug-likeness (QED) is 0.839. The van der Waals surface area contributed by atoms with Crippen molar-refractivity contribution in [3.63, 3.8) is 0 Å². The highest BCUT2D eigenvalue weighted by atomic mass is 16.5. The van der Waals surface area contributed by atoms with Crippen LogP contribution in [-0.2, 0) is 11.2 Å². The summed E-state index contributed by atoms with van der Waals surface area (Å²) in [7, 11) is 1.52. The van der Waals surface area contributed by atoms with Crippen molar-refractivity contribution in [2.45, 2.75) is 6.42 Å². The molecule has 5 heteroatoms. The lowest BCUT2D eigenvalue weighted by Gasteiger charge is -2.02. The zero-order chi connectivity index (χ0) is 11.5. The maximum atomic E-state index is 10.5. The number of aliphatic carboxylic acids is 1. The maximum Gasteiger partial charge on any atom is 0.307 e. The second kappa shape index (κ2) is 4.14. The van der Waals surface area contributed by atoms with Crippen LogP contribution in [0.5, 0.6) is 5.88 Å². The van der Waals surface area contributed by atoms with Gasteiger partial charge in [-0.1, -0.05) is 6.07 Å². The molecule has 16 heavy (non-hydrogen) atoms. The lowest BCUT2D eigenvalue weighted by Crippen LogP contribution is -2.00. The molecule has 2 aromatic rings. The molecule has 0 spiro atoms. The summed E-state index contributed by atoms with van der Waals surface area (Å²) in [6.45, 7) is 0. The fraction of sp³-hybridized carbons (Fsp3) is 0.182. The molecule has 0 radical (unpaired) electrons. The number of hydrogen-bond donors (Lipinski definition) is 1. The number of benzene rings is 1. The largest absolute Gasteiger partial charge is 0.481 e. The summed E-state index contributed by atoms with van der Waals surface area (Å²) in [5, 5.41) is 8.67. The molecule has 0 saturated heterocycles. The number of carboxylic acids is 1. The molecule has 0 unspecified atom stereocenters. The second-order valence-corrected chi connectivity index (χ2v) is 3.31. The first kappa shape index (κ1) is 10.4. The van der Waals surface area contributed by atoms with E-state index in [2.05, 4.69) is 9.97 Å². The van der Waals surface area contributed by atoms with Gasteiger partial charge in [-0.15, -0.1) is 0 Å². The Morgan fingerprint density at radius 2 is 2.25 bits per heavy atom. The van der Waals surface area contributed by atoms with Crippen molar-refractivity contribution in [3.05, 3.63) is 30.0 Å². The van der Waals surface area contributed by atoms with Crippen LogP contribution in [0.3, 0.4) is 0 Å². The first-order valence-corrected chi connectivity index (χ1v) is 4.70. The fourth-order valence-electron chi connectivity index (χ4n) is 1.42. The molecule has 0 fully saturated rings. The van der Waals surface area contributed by atoms with Crippen LogP contribution in [0, 0.1) is 0 Å². The topological polar surface area (TPSA) is 72.3 Å². The number of carboxylic acid groups (broad SMARTS) is 1. The van der Waals surface area contributed by atoms with Crippen LogP contribution in [0.25, 0.3) is 11.0 Å². The predicted molar refractivity (Wildman–Crippen MR) is 57.4 cm³/mol. The molecule has 1 aromatic heterocycles. The Morgan fingerprint density at radius 3 is 2.94 bits per heavy atom. The van der Waals surface area contributed by atoms with Crippen molar-refractivity contribution in [2.75, 3.05) is 7.11 Å². The van der Waals surface area contributed by atoms with Gasteiger partial charge in [0.1, 0.15) is 0 Å². The summed E-state index contributed by atoms with van der Waals surface area (Å²) >= 11 is 0. The summed E-state index contributed by atoms with van der Waals surface area (Å²) in [4.78, 5) is 18.9. The number of methoxy groups -OCH3 is 1. The highest BCUT2D eigenvalue weighted by Crippen LogP contribution is 2.15. The van der Waals surface area contributed by atoms with Gasteiger partial charge in [0, 0.05) is 0 Å². The van der Waals surface area contributed by atoms with E-state index in [-0.39, 0.29) is 6.42 Å². The molecule has 1 heterocycles. The van der Waals surface area contributed by atoms with Gasteiger partial charge in [0.25, 0.3) is 0 Å². The van der Waals surface area contributed by atoms with Gasteiger partial charge in [-0.25, -0.2) is 9.97 Å². The molecule has 5 nitrogen and oxygen atoms in total. The van der Waals surface area contributed by atoms with Gasteiger partial charge in [-0.2, -0.15) is 0 Å². The van der Waals surface area contributed by atoms with Crippen molar-refractivity contribution in [2.24, 2.45) is 0 Å². The van der Waals surface area contributed by atoms with Gasteiger partial charge >= 0.3 is 5.97 Å². The van der Waals surface area contributed by atoms with E-state index in [0.29, 0.717) is 22.5 Å². The van der Waals surface area contributed by atoms with E-state index in [1.54, 1.807) is 18.2 Å². The third-order valence-corrected chi connectivity index (χ3v) is 2.15. The maximum absolute atomic E-state index is 10.5. The van der Waals surface area contributed by atoms with E-state index in [1.165, 1.54) is 13.3 Å². The van der Waals surface area contributed by atoms with Gasteiger partial charge in [-0.3, -0.25) is 4.79 Å².